The smallest absolute Gasteiger partial charge is 0.313 e. The number of phenolic OH excluding ortho intramolecular Hbond substituents is 1. The SMILES string of the molecule is COC(=O)C(C)(C)[C@@H](Nc1ccc(C)cc1O)c1ccccc1. The van der Waals surface area contributed by atoms with E-state index < -0.39 is 5.41 Å². The van der Waals surface area contributed by atoms with Crippen LogP contribution in [0.5, 0.6) is 5.75 Å². The maximum atomic E-state index is 12.3. The summed E-state index contributed by atoms with van der Waals surface area (Å²) in [6.07, 6.45) is 0. The second-order valence-electron chi connectivity index (χ2n) is 6.22. The van der Waals surface area contributed by atoms with E-state index in [0.29, 0.717) is 5.69 Å². The molecule has 23 heavy (non-hydrogen) atoms. The summed E-state index contributed by atoms with van der Waals surface area (Å²) in [6.45, 7) is 5.57. The Labute approximate surface area is 137 Å². The van der Waals surface area contributed by atoms with E-state index in [0.717, 1.165) is 11.1 Å². The molecule has 0 saturated heterocycles. The first kappa shape index (κ1) is 16.9. The predicted molar refractivity (Wildman–Crippen MR) is 91.4 cm³/mol. The number of hydrogen-bond acceptors (Lipinski definition) is 4. The molecule has 1 atom stereocenters. The minimum Gasteiger partial charge on any atom is -0.506 e. The van der Waals surface area contributed by atoms with Gasteiger partial charge in [-0.15, -0.1) is 0 Å². The standard InChI is InChI=1S/C19H23NO3/c1-13-10-11-15(16(21)12-13)20-17(14-8-6-5-7-9-14)19(2,3)18(22)23-4/h5-12,17,20-21H,1-4H3/t17-/m0/s1. The molecule has 122 valence electrons. The Balaban J connectivity index is 2.44. The molecular weight excluding hydrogens is 290 g/mol. The molecule has 0 bridgehead atoms. The number of anilines is 1. The number of aryl methyl sites for hydroxylation is 1. The van der Waals surface area contributed by atoms with Crippen LogP contribution in [0.15, 0.2) is 48.5 Å². The Bertz CT molecular complexity index is 680. The highest BCUT2D eigenvalue weighted by atomic mass is 16.5. The van der Waals surface area contributed by atoms with Gasteiger partial charge in [-0.25, -0.2) is 0 Å². The van der Waals surface area contributed by atoms with Gasteiger partial charge in [-0.05, 0) is 44.0 Å². The fourth-order valence-corrected chi connectivity index (χ4v) is 2.63. The molecule has 0 fully saturated rings. The van der Waals surface area contributed by atoms with Gasteiger partial charge in [0.1, 0.15) is 5.75 Å². The van der Waals surface area contributed by atoms with E-state index in [2.05, 4.69) is 5.32 Å². The van der Waals surface area contributed by atoms with Gasteiger partial charge in [-0.1, -0.05) is 36.4 Å². The van der Waals surface area contributed by atoms with Gasteiger partial charge >= 0.3 is 5.97 Å². The lowest BCUT2D eigenvalue weighted by Crippen LogP contribution is -2.36. The largest absolute Gasteiger partial charge is 0.506 e. The van der Waals surface area contributed by atoms with Gasteiger partial charge in [0, 0.05) is 0 Å². The Hall–Kier alpha value is -2.49. The minimum absolute atomic E-state index is 0.159. The van der Waals surface area contributed by atoms with Crippen molar-refractivity contribution < 1.29 is 14.6 Å². The fourth-order valence-electron chi connectivity index (χ4n) is 2.63. The highest BCUT2D eigenvalue weighted by Gasteiger charge is 2.39. The van der Waals surface area contributed by atoms with Crippen LogP contribution in [-0.2, 0) is 9.53 Å². The number of rotatable bonds is 5. The lowest BCUT2D eigenvalue weighted by molar-refractivity contribution is -0.151. The number of benzene rings is 2. The zero-order valence-electron chi connectivity index (χ0n) is 14.0. The summed E-state index contributed by atoms with van der Waals surface area (Å²) >= 11 is 0. The van der Waals surface area contributed by atoms with Crippen molar-refractivity contribution in [3.63, 3.8) is 0 Å². The van der Waals surface area contributed by atoms with Gasteiger partial charge < -0.3 is 15.2 Å². The summed E-state index contributed by atoms with van der Waals surface area (Å²) in [5.74, 6) is -0.156. The van der Waals surface area contributed by atoms with Crippen LogP contribution in [0.25, 0.3) is 0 Å². The van der Waals surface area contributed by atoms with Gasteiger partial charge in [-0.3, -0.25) is 4.79 Å². The third-order valence-corrected chi connectivity index (χ3v) is 4.02. The number of nitrogens with one attached hydrogen (secondary N) is 1. The third-order valence-electron chi connectivity index (χ3n) is 4.02. The third kappa shape index (κ3) is 3.65. The topological polar surface area (TPSA) is 58.6 Å². The van der Waals surface area contributed by atoms with Gasteiger partial charge in [0.25, 0.3) is 0 Å². The summed E-state index contributed by atoms with van der Waals surface area (Å²) < 4.78 is 4.96. The lowest BCUT2D eigenvalue weighted by atomic mass is 9.80. The van der Waals surface area contributed by atoms with Gasteiger partial charge in [0.15, 0.2) is 0 Å². The molecular formula is C19H23NO3. The predicted octanol–water partition coefficient (Wildman–Crippen LogP) is 4.05. The van der Waals surface area contributed by atoms with Crippen molar-refractivity contribution in [2.75, 3.05) is 12.4 Å². The molecule has 2 aromatic rings. The van der Waals surface area contributed by atoms with E-state index in [1.54, 1.807) is 6.07 Å². The van der Waals surface area contributed by atoms with Crippen molar-refractivity contribution in [3.05, 3.63) is 59.7 Å². The first-order chi connectivity index (χ1) is 10.9. The van der Waals surface area contributed by atoms with Crippen molar-refractivity contribution in [3.8, 4) is 5.75 Å². The first-order valence-corrected chi connectivity index (χ1v) is 7.55. The Morgan fingerprint density at radius 3 is 2.39 bits per heavy atom. The summed E-state index contributed by atoms with van der Waals surface area (Å²) in [4.78, 5) is 12.3. The van der Waals surface area contributed by atoms with Crippen LogP contribution in [0.4, 0.5) is 5.69 Å². The van der Waals surface area contributed by atoms with E-state index in [4.69, 9.17) is 4.74 Å². The van der Waals surface area contributed by atoms with Crippen molar-refractivity contribution in [2.24, 2.45) is 5.41 Å². The molecule has 0 aliphatic carbocycles. The maximum Gasteiger partial charge on any atom is 0.313 e. The van der Waals surface area contributed by atoms with Crippen molar-refractivity contribution in [1.29, 1.82) is 0 Å². The second kappa shape index (κ2) is 6.73. The highest BCUT2D eigenvalue weighted by molar-refractivity contribution is 5.78. The van der Waals surface area contributed by atoms with Gasteiger partial charge in [-0.2, -0.15) is 0 Å². The van der Waals surface area contributed by atoms with Crippen LogP contribution in [0.1, 0.15) is 31.0 Å². The molecule has 0 aliphatic rings. The highest BCUT2D eigenvalue weighted by Crippen LogP contribution is 2.39. The zero-order chi connectivity index (χ0) is 17.0. The van der Waals surface area contributed by atoms with Crippen LogP contribution in [0.2, 0.25) is 0 Å². The molecule has 0 heterocycles. The number of esters is 1. The first-order valence-electron chi connectivity index (χ1n) is 7.55. The molecule has 0 radical (unpaired) electrons. The summed E-state index contributed by atoms with van der Waals surface area (Å²) in [7, 11) is 1.38. The summed E-state index contributed by atoms with van der Waals surface area (Å²) in [5.41, 5.74) is 1.69. The molecule has 4 nitrogen and oxygen atoms in total. The number of ether oxygens (including phenoxy) is 1. The molecule has 2 rings (SSSR count). The van der Waals surface area contributed by atoms with Crippen molar-refractivity contribution in [2.45, 2.75) is 26.8 Å². The quantitative estimate of drug-likeness (QED) is 0.646. The molecule has 0 spiro atoms. The van der Waals surface area contributed by atoms with Crippen LogP contribution < -0.4 is 5.32 Å². The average Bonchev–Trinajstić information content (AvgIpc) is 2.53. The molecule has 0 aromatic heterocycles. The Kier molecular flexibility index (Phi) is 4.94. The van der Waals surface area contributed by atoms with Crippen molar-refractivity contribution in [1.82, 2.24) is 0 Å². The van der Waals surface area contributed by atoms with Gasteiger partial charge in [0.05, 0.1) is 24.3 Å². The number of aromatic hydroxyl groups is 1. The van der Waals surface area contributed by atoms with E-state index in [-0.39, 0.29) is 17.8 Å². The van der Waals surface area contributed by atoms with Crippen LogP contribution in [-0.4, -0.2) is 18.2 Å². The van der Waals surface area contributed by atoms with Crippen LogP contribution in [0, 0.1) is 12.3 Å². The van der Waals surface area contributed by atoms with Crippen molar-refractivity contribution >= 4 is 11.7 Å². The monoisotopic (exact) mass is 313 g/mol. The Morgan fingerprint density at radius 1 is 1.17 bits per heavy atom. The molecule has 0 aliphatic heterocycles. The van der Waals surface area contributed by atoms with Crippen LogP contribution >= 0.6 is 0 Å². The molecule has 2 aromatic carbocycles. The number of carbonyl (C=O) groups is 1. The Morgan fingerprint density at radius 2 is 1.83 bits per heavy atom. The number of phenols is 1. The van der Waals surface area contributed by atoms with E-state index in [1.807, 2.05) is 63.2 Å². The maximum absolute atomic E-state index is 12.3. The number of methoxy groups -OCH3 is 1. The molecule has 0 saturated carbocycles. The molecule has 4 heteroatoms. The average molecular weight is 313 g/mol. The van der Waals surface area contributed by atoms with Gasteiger partial charge in [0.2, 0.25) is 0 Å². The molecule has 0 unspecified atom stereocenters. The fraction of sp³-hybridized carbons (Fsp3) is 0.316. The molecule has 0 amide bonds. The van der Waals surface area contributed by atoms with E-state index in [1.165, 1.54) is 7.11 Å². The van der Waals surface area contributed by atoms with E-state index >= 15 is 0 Å². The lowest BCUT2D eigenvalue weighted by Gasteiger charge is -2.33. The zero-order valence-corrected chi connectivity index (χ0v) is 14.0. The minimum atomic E-state index is -0.812. The normalized spacial score (nSPS) is 12.5. The number of hydrogen-bond donors (Lipinski definition) is 2. The second-order valence-corrected chi connectivity index (χ2v) is 6.22. The number of carbonyl (C=O) groups excluding carboxylic acids is 1. The summed E-state index contributed by atoms with van der Waals surface area (Å²) in [5, 5.41) is 13.5. The molecule has 2 N–H and O–H groups in total. The summed E-state index contributed by atoms with van der Waals surface area (Å²) in [6, 6.07) is 14.7. The van der Waals surface area contributed by atoms with Crippen LogP contribution in [0.3, 0.4) is 0 Å². The van der Waals surface area contributed by atoms with E-state index in [9.17, 15) is 9.90 Å².